The minimum Gasteiger partial charge on any atom is -0.353 e. The first-order valence-electron chi connectivity index (χ1n) is 4.46. The van der Waals surface area contributed by atoms with Gasteiger partial charge in [-0.2, -0.15) is 0 Å². The summed E-state index contributed by atoms with van der Waals surface area (Å²) in [5.74, 6) is 0.953. The Hall–Kier alpha value is -1.16. The Kier molecular flexibility index (Phi) is 2.40. The smallest absolute Gasteiger partial charge is 0.147 e. The molecule has 1 aliphatic heterocycles. The van der Waals surface area contributed by atoms with Crippen LogP contribution in [0.5, 0.6) is 0 Å². The molecule has 13 heavy (non-hydrogen) atoms. The average Bonchev–Trinajstić information content (AvgIpc) is 2.20. The van der Waals surface area contributed by atoms with Crippen LogP contribution in [0.2, 0.25) is 0 Å². The predicted molar refractivity (Wildman–Crippen MR) is 51.6 cm³/mol. The third kappa shape index (κ3) is 1.95. The molecule has 2 heterocycles. The van der Waals surface area contributed by atoms with Crippen molar-refractivity contribution in [3.05, 3.63) is 25.0 Å². The summed E-state index contributed by atoms with van der Waals surface area (Å²) in [6.45, 7) is 7.76. The van der Waals surface area contributed by atoms with Crippen molar-refractivity contribution in [3.63, 3.8) is 0 Å². The van der Waals surface area contributed by atoms with Gasteiger partial charge in [0.25, 0.3) is 0 Å². The molecular weight excluding hydrogens is 164 g/mol. The summed E-state index contributed by atoms with van der Waals surface area (Å²) in [4.78, 5) is 10.6. The highest BCUT2D eigenvalue weighted by Gasteiger charge is 2.10. The lowest BCUT2D eigenvalue weighted by Gasteiger charge is -2.27. The maximum absolute atomic E-state index is 4.28. The third-order valence-electron chi connectivity index (χ3n) is 2.13. The van der Waals surface area contributed by atoms with Crippen LogP contribution in [0.1, 0.15) is 5.69 Å². The van der Waals surface area contributed by atoms with Gasteiger partial charge in [-0.1, -0.05) is 0 Å². The molecule has 0 unspecified atom stereocenters. The van der Waals surface area contributed by atoms with Gasteiger partial charge in [-0.25, -0.2) is 4.98 Å². The van der Waals surface area contributed by atoms with Crippen LogP contribution in [0, 0.1) is 6.92 Å². The highest BCUT2D eigenvalue weighted by molar-refractivity contribution is 5.36. The van der Waals surface area contributed by atoms with Gasteiger partial charge in [0.15, 0.2) is 0 Å². The maximum atomic E-state index is 4.28. The van der Waals surface area contributed by atoms with E-state index in [-0.39, 0.29) is 0 Å². The van der Waals surface area contributed by atoms with Crippen molar-refractivity contribution in [2.75, 3.05) is 31.1 Å². The zero-order valence-corrected chi connectivity index (χ0v) is 7.53. The van der Waals surface area contributed by atoms with Crippen LogP contribution in [-0.4, -0.2) is 36.1 Å². The Morgan fingerprint density at radius 2 is 2.00 bits per heavy atom. The summed E-state index contributed by atoms with van der Waals surface area (Å²) < 4.78 is 0. The first-order valence-corrected chi connectivity index (χ1v) is 4.46. The minimum absolute atomic E-state index is 0.721. The average molecular weight is 177 g/mol. The number of rotatable bonds is 1. The molecule has 1 saturated heterocycles. The summed E-state index contributed by atoms with van der Waals surface area (Å²) in [6, 6.07) is 0. The summed E-state index contributed by atoms with van der Waals surface area (Å²) >= 11 is 0. The zero-order chi connectivity index (χ0) is 9.10. The summed E-state index contributed by atoms with van der Waals surface area (Å²) in [7, 11) is 0. The first kappa shape index (κ1) is 8.44. The molecule has 4 nitrogen and oxygen atoms in total. The summed E-state index contributed by atoms with van der Waals surface area (Å²) in [6.07, 6.45) is 3.49. The molecule has 4 heteroatoms. The second-order valence-electron chi connectivity index (χ2n) is 3.10. The van der Waals surface area contributed by atoms with Crippen LogP contribution in [0.15, 0.2) is 12.4 Å². The Labute approximate surface area is 78.0 Å². The van der Waals surface area contributed by atoms with Gasteiger partial charge in [0.2, 0.25) is 0 Å². The molecule has 0 atom stereocenters. The van der Waals surface area contributed by atoms with Crippen LogP contribution in [0.25, 0.3) is 0 Å². The summed E-state index contributed by atoms with van der Waals surface area (Å²) in [5, 5.41) is 3.29. The van der Waals surface area contributed by atoms with Crippen molar-refractivity contribution in [1.82, 2.24) is 15.3 Å². The summed E-state index contributed by atoms with van der Waals surface area (Å²) in [5.41, 5.74) is 0.721. The van der Waals surface area contributed by atoms with E-state index in [0.717, 1.165) is 37.7 Å². The topological polar surface area (TPSA) is 41.1 Å². The van der Waals surface area contributed by atoms with E-state index in [4.69, 9.17) is 0 Å². The first-order chi connectivity index (χ1) is 6.36. The highest BCUT2D eigenvalue weighted by Crippen LogP contribution is 2.08. The molecule has 1 radical (unpaired) electrons. The lowest BCUT2D eigenvalue weighted by atomic mass is 10.3. The maximum Gasteiger partial charge on any atom is 0.147 e. The van der Waals surface area contributed by atoms with Gasteiger partial charge < -0.3 is 10.2 Å². The number of nitrogens with zero attached hydrogens (tertiary/aromatic N) is 3. The second-order valence-corrected chi connectivity index (χ2v) is 3.10. The van der Waals surface area contributed by atoms with Crippen LogP contribution in [-0.2, 0) is 0 Å². The third-order valence-corrected chi connectivity index (χ3v) is 2.13. The number of piperazine rings is 1. The van der Waals surface area contributed by atoms with Crippen molar-refractivity contribution in [3.8, 4) is 0 Å². The number of hydrogen-bond acceptors (Lipinski definition) is 4. The fraction of sp³-hybridized carbons (Fsp3) is 0.444. The SMILES string of the molecule is [CH2]c1cnc(N2CCNCC2)cn1. The molecule has 0 saturated carbocycles. The molecule has 0 bridgehead atoms. The van der Waals surface area contributed by atoms with E-state index in [0.29, 0.717) is 0 Å². The second kappa shape index (κ2) is 3.70. The highest BCUT2D eigenvalue weighted by atomic mass is 15.2. The van der Waals surface area contributed by atoms with E-state index >= 15 is 0 Å². The molecule has 2 rings (SSSR count). The molecule has 1 N–H and O–H groups in total. The fourth-order valence-corrected chi connectivity index (χ4v) is 1.41. The van der Waals surface area contributed by atoms with Crippen molar-refractivity contribution >= 4 is 5.82 Å². The van der Waals surface area contributed by atoms with Crippen molar-refractivity contribution < 1.29 is 0 Å². The van der Waals surface area contributed by atoms with Crippen LogP contribution in [0.3, 0.4) is 0 Å². The van der Waals surface area contributed by atoms with Gasteiger partial charge in [0, 0.05) is 26.2 Å². The molecule has 1 aliphatic rings. The van der Waals surface area contributed by atoms with Crippen molar-refractivity contribution in [2.24, 2.45) is 0 Å². The molecule has 0 aliphatic carbocycles. The zero-order valence-electron chi connectivity index (χ0n) is 7.53. The van der Waals surface area contributed by atoms with Gasteiger partial charge >= 0.3 is 0 Å². The van der Waals surface area contributed by atoms with E-state index in [9.17, 15) is 0 Å². The van der Waals surface area contributed by atoms with E-state index in [1.54, 1.807) is 12.4 Å². The van der Waals surface area contributed by atoms with E-state index < -0.39 is 0 Å². The van der Waals surface area contributed by atoms with Gasteiger partial charge in [0.1, 0.15) is 5.82 Å². The molecule has 0 amide bonds. The van der Waals surface area contributed by atoms with E-state index in [1.165, 1.54) is 0 Å². The number of anilines is 1. The van der Waals surface area contributed by atoms with E-state index in [1.807, 2.05) is 0 Å². The Balaban J connectivity index is 2.10. The normalized spacial score (nSPS) is 17.5. The standard InChI is InChI=1S/C9H13N4/c1-8-6-12-9(7-11-8)13-4-2-10-3-5-13/h6-7,10H,1-5H2. The largest absolute Gasteiger partial charge is 0.353 e. The van der Waals surface area contributed by atoms with Gasteiger partial charge in [-0.15, -0.1) is 0 Å². The van der Waals surface area contributed by atoms with E-state index in [2.05, 4.69) is 27.1 Å². The molecule has 1 aromatic heterocycles. The molecule has 0 aromatic carbocycles. The Morgan fingerprint density at radius 1 is 1.23 bits per heavy atom. The van der Waals surface area contributed by atoms with Crippen LogP contribution in [0.4, 0.5) is 5.82 Å². The molecule has 1 aromatic rings. The van der Waals surface area contributed by atoms with Crippen molar-refractivity contribution in [2.45, 2.75) is 0 Å². The van der Waals surface area contributed by atoms with Gasteiger partial charge in [-0.05, 0) is 6.92 Å². The lowest BCUT2D eigenvalue weighted by Crippen LogP contribution is -2.43. The van der Waals surface area contributed by atoms with Crippen LogP contribution < -0.4 is 10.2 Å². The molecule has 69 valence electrons. The number of aromatic nitrogens is 2. The Morgan fingerprint density at radius 3 is 2.62 bits per heavy atom. The monoisotopic (exact) mass is 177 g/mol. The lowest BCUT2D eigenvalue weighted by molar-refractivity contribution is 0.584. The molecule has 0 spiro atoms. The quantitative estimate of drug-likeness (QED) is 0.659. The number of hydrogen-bond donors (Lipinski definition) is 1. The molecule has 1 fully saturated rings. The van der Waals surface area contributed by atoms with Crippen molar-refractivity contribution in [1.29, 1.82) is 0 Å². The Bertz CT molecular complexity index is 263. The van der Waals surface area contributed by atoms with Crippen LogP contribution >= 0.6 is 0 Å². The molecular formula is C9H13N4. The minimum atomic E-state index is 0.721. The fourth-order valence-electron chi connectivity index (χ4n) is 1.41. The van der Waals surface area contributed by atoms with Gasteiger partial charge in [0.05, 0.1) is 18.1 Å². The predicted octanol–water partition coefficient (Wildman–Crippen LogP) is 0.0684. The van der Waals surface area contributed by atoms with Gasteiger partial charge in [-0.3, -0.25) is 4.98 Å². The number of nitrogens with one attached hydrogen (secondary N) is 1.